The third-order valence-electron chi connectivity index (χ3n) is 4.22. The number of carbonyl (C=O) groups is 2. The molecule has 1 amide bonds. The van der Waals surface area contributed by atoms with Gasteiger partial charge in [-0.3, -0.25) is 15.6 Å². The predicted molar refractivity (Wildman–Crippen MR) is 98.6 cm³/mol. The Bertz CT molecular complexity index is 974. The summed E-state index contributed by atoms with van der Waals surface area (Å²) in [5.74, 6) is -14.1. The lowest BCUT2D eigenvalue weighted by molar-refractivity contribution is -0.692. The molecule has 158 valence electrons. The van der Waals surface area contributed by atoms with Crippen LogP contribution >= 0.6 is 0 Å². The Morgan fingerprint density at radius 2 is 1.70 bits per heavy atom. The monoisotopic (exact) mass is 424 g/mol. The zero-order valence-electron chi connectivity index (χ0n) is 15.5. The van der Waals surface area contributed by atoms with Crippen LogP contribution in [0.15, 0.2) is 48.7 Å². The fourth-order valence-electron chi connectivity index (χ4n) is 2.59. The van der Waals surface area contributed by atoms with E-state index >= 15 is 0 Å². The minimum Gasteiger partial charge on any atom is -0.477 e. The van der Waals surface area contributed by atoms with Crippen molar-refractivity contribution in [2.24, 2.45) is 0 Å². The molecule has 6 nitrogen and oxygen atoms in total. The maximum Gasteiger partial charge on any atom is 0.413 e. The Hall–Kier alpha value is -3.61. The predicted octanol–water partition coefficient (Wildman–Crippen LogP) is 2.19. The number of hydrogen-bond acceptors (Lipinski definition) is 3. The molecule has 0 fully saturated rings. The highest BCUT2D eigenvalue weighted by Crippen LogP contribution is 2.34. The molecule has 1 aromatic heterocycles. The van der Waals surface area contributed by atoms with Crippen LogP contribution in [0.4, 0.5) is 23.2 Å². The van der Waals surface area contributed by atoms with Gasteiger partial charge < -0.3 is 5.11 Å². The van der Waals surface area contributed by atoms with E-state index in [2.05, 4.69) is 11.3 Å². The average molecular weight is 424 g/mol. The number of nitrogens with zero attached hydrogens (tertiary/aromatic N) is 1. The van der Waals surface area contributed by atoms with Crippen molar-refractivity contribution in [3.63, 3.8) is 0 Å². The van der Waals surface area contributed by atoms with Gasteiger partial charge in [-0.05, 0) is 24.0 Å². The molecule has 0 aliphatic rings. The Labute approximate surface area is 169 Å². The summed E-state index contributed by atoms with van der Waals surface area (Å²) in [6.45, 7) is 0.360. The van der Waals surface area contributed by atoms with Crippen molar-refractivity contribution in [2.45, 2.75) is 31.2 Å². The van der Waals surface area contributed by atoms with E-state index in [0.29, 0.717) is 24.9 Å². The molecule has 0 unspecified atom stereocenters. The lowest BCUT2D eigenvalue weighted by atomic mass is 10.1. The number of carboxylic acids is 1. The highest BCUT2D eigenvalue weighted by molar-refractivity contribution is 5.92. The van der Waals surface area contributed by atoms with Crippen LogP contribution in [-0.2, 0) is 29.0 Å². The van der Waals surface area contributed by atoms with Crippen molar-refractivity contribution in [3.8, 4) is 12.3 Å². The Balaban J connectivity index is 2.10. The summed E-state index contributed by atoms with van der Waals surface area (Å²) in [7, 11) is 0. The molecule has 2 rings (SSSR count). The van der Waals surface area contributed by atoms with E-state index in [4.69, 9.17) is 11.5 Å². The molecule has 0 saturated carbocycles. The molecule has 1 aromatic carbocycles. The van der Waals surface area contributed by atoms with Gasteiger partial charge in [-0.2, -0.15) is 22.1 Å². The fraction of sp³-hybridized carbons (Fsp3) is 0.250. The standard InChI is InChI=1S/C20H17F4N3O3/c1-2-12-27-13-6-5-8-15(27)11-10-14-7-3-4-9-16(14)25-26-17(28)19(21,22)20(23,24)18(29)30/h1,3-9,13,25H,10-12H2,(H-,26,28,29,30)/p+1. The molecule has 0 bridgehead atoms. The summed E-state index contributed by atoms with van der Waals surface area (Å²) in [5, 5.41) is 8.25. The van der Waals surface area contributed by atoms with Crippen molar-refractivity contribution < 1.29 is 36.8 Å². The number of para-hydroxylation sites is 1. The minimum atomic E-state index is -5.56. The minimum absolute atomic E-state index is 0.194. The number of rotatable bonds is 9. The SMILES string of the molecule is C#CC[n+]1ccccc1CCc1ccccc1NNC(=O)C(F)(F)C(F)(F)C(=O)O. The second-order valence-corrected chi connectivity index (χ2v) is 6.21. The van der Waals surface area contributed by atoms with E-state index in [1.165, 1.54) is 11.5 Å². The van der Waals surface area contributed by atoms with Crippen LogP contribution in [0.1, 0.15) is 11.3 Å². The van der Waals surface area contributed by atoms with E-state index in [1.54, 1.807) is 18.2 Å². The van der Waals surface area contributed by atoms with Gasteiger partial charge in [0.15, 0.2) is 11.9 Å². The van der Waals surface area contributed by atoms with Crippen LogP contribution in [0, 0.1) is 12.3 Å². The van der Waals surface area contributed by atoms with Crippen molar-refractivity contribution in [2.75, 3.05) is 5.43 Å². The van der Waals surface area contributed by atoms with Gasteiger partial charge in [-0.25, -0.2) is 4.79 Å². The zero-order valence-corrected chi connectivity index (χ0v) is 15.5. The van der Waals surface area contributed by atoms with Crippen molar-refractivity contribution >= 4 is 17.6 Å². The number of alkyl halides is 4. The maximum absolute atomic E-state index is 13.5. The second-order valence-electron chi connectivity index (χ2n) is 6.21. The summed E-state index contributed by atoms with van der Waals surface area (Å²) >= 11 is 0. The Kier molecular flexibility index (Phi) is 7.00. The number of aromatic nitrogens is 1. The van der Waals surface area contributed by atoms with Crippen LogP contribution in [0.3, 0.4) is 0 Å². The molecule has 0 radical (unpaired) electrons. The normalized spacial score (nSPS) is 11.4. The number of carboxylic acid groups (broad SMARTS) is 1. The number of aryl methyl sites for hydroxylation is 2. The number of nitrogens with one attached hydrogen (secondary N) is 2. The van der Waals surface area contributed by atoms with Gasteiger partial charge in [-0.1, -0.05) is 24.3 Å². The van der Waals surface area contributed by atoms with E-state index in [1.807, 2.05) is 29.0 Å². The van der Waals surface area contributed by atoms with Gasteiger partial charge >= 0.3 is 23.7 Å². The van der Waals surface area contributed by atoms with E-state index in [-0.39, 0.29) is 5.69 Å². The lowest BCUT2D eigenvalue weighted by Gasteiger charge is -2.22. The Morgan fingerprint density at radius 3 is 2.37 bits per heavy atom. The number of pyridine rings is 1. The number of amides is 1. The van der Waals surface area contributed by atoms with Crippen LogP contribution in [-0.4, -0.2) is 28.8 Å². The molecule has 30 heavy (non-hydrogen) atoms. The molecule has 0 atom stereocenters. The summed E-state index contributed by atoms with van der Waals surface area (Å²) in [4.78, 5) is 21.9. The molecular formula is C20H18F4N3O3+. The molecule has 10 heteroatoms. The molecule has 0 saturated heterocycles. The number of anilines is 1. The number of terminal acetylenes is 1. The topological polar surface area (TPSA) is 82.3 Å². The van der Waals surface area contributed by atoms with Gasteiger partial charge in [-0.15, -0.1) is 6.42 Å². The third kappa shape index (κ3) is 4.86. The van der Waals surface area contributed by atoms with Gasteiger partial charge in [0.25, 0.3) is 0 Å². The van der Waals surface area contributed by atoms with Crippen molar-refractivity contribution in [1.82, 2.24) is 5.43 Å². The number of halogens is 4. The van der Waals surface area contributed by atoms with Crippen molar-refractivity contribution in [3.05, 3.63) is 59.9 Å². The highest BCUT2D eigenvalue weighted by Gasteiger charge is 2.67. The molecule has 0 spiro atoms. The molecule has 0 aliphatic heterocycles. The third-order valence-corrected chi connectivity index (χ3v) is 4.22. The first-order valence-electron chi connectivity index (χ1n) is 8.65. The lowest BCUT2D eigenvalue weighted by Crippen LogP contribution is -2.57. The number of carbonyl (C=O) groups excluding carboxylic acids is 1. The van der Waals surface area contributed by atoms with E-state index < -0.39 is 23.7 Å². The van der Waals surface area contributed by atoms with E-state index in [0.717, 1.165) is 5.69 Å². The number of hydrogen-bond donors (Lipinski definition) is 3. The Morgan fingerprint density at radius 1 is 1.03 bits per heavy atom. The first-order chi connectivity index (χ1) is 14.1. The average Bonchev–Trinajstić information content (AvgIpc) is 2.71. The van der Waals surface area contributed by atoms with Crippen molar-refractivity contribution in [1.29, 1.82) is 0 Å². The molecule has 0 aliphatic carbocycles. The fourth-order valence-corrected chi connectivity index (χ4v) is 2.59. The van der Waals surface area contributed by atoms with Crippen LogP contribution in [0.25, 0.3) is 0 Å². The van der Waals surface area contributed by atoms with Gasteiger partial charge in [0, 0.05) is 18.6 Å². The molecule has 3 N–H and O–H groups in total. The smallest absolute Gasteiger partial charge is 0.413 e. The quantitative estimate of drug-likeness (QED) is 0.250. The number of hydrazine groups is 1. The first kappa shape index (κ1) is 22.7. The highest BCUT2D eigenvalue weighted by atomic mass is 19.3. The van der Waals surface area contributed by atoms with Crippen LogP contribution < -0.4 is 15.4 Å². The summed E-state index contributed by atoms with van der Waals surface area (Å²) in [5.41, 5.74) is 5.32. The molecule has 1 heterocycles. The second kappa shape index (κ2) is 9.26. The summed E-state index contributed by atoms with van der Waals surface area (Å²) in [6, 6.07) is 11.8. The van der Waals surface area contributed by atoms with Gasteiger partial charge in [0.1, 0.15) is 0 Å². The maximum atomic E-state index is 13.5. The molecular weight excluding hydrogens is 406 g/mol. The number of aliphatic carboxylic acids is 1. The number of benzene rings is 1. The van der Waals surface area contributed by atoms with Gasteiger partial charge in [0.2, 0.25) is 6.54 Å². The van der Waals surface area contributed by atoms with Crippen LogP contribution in [0.5, 0.6) is 0 Å². The largest absolute Gasteiger partial charge is 0.477 e. The zero-order chi connectivity index (χ0) is 22.4. The van der Waals surface area contributed by atoms with E-state index in [9.17, 15) is 27.2 Å². The van der Waals surface area contributed by atoms with Gasteiger partial charge in [0.05, 0.1) is 5.69 Å². The van der Waals surface area contributed by atoms with Crippen LogP contribution in [0.2, 0.25) is 0 Å². The first-order valence-corrected chi connectivity index (χ1v) is 8.65. The molecule has 2 aromatic rings. The summed E-state index contributed by atoms with van der Waals surface area (Å²) in [6.07, 6.45) is 8.08. The summed E-state index contributed by atoms with van der Waals surface area (Å²) < 4.78 is 55.2.